The Morgan fingerprint density at radius 1 is 1.54 bits per heavy atom. The van der Waals surface area contributed by atoms with E-state index in [-0.39, 0.29) is 5.97 Å². The molecule has 0 saturated carbocycles. The first-order valence-corrected chi connectivity index (χ1v) is 4.85. The summed E-state index contributed by atoms with van der Waals surface area (Å²) < 4.78 is 4.98. The number of ether oxygens (including phenoxy) is 1. The Morgan fingerprint density at radius 3 is 2.92 bits per heavy atom. The molecule has 13 heavy (non-hydrogen) atoms. The molecule has 2 heteroatoms. The largest absolute Gasteiger partial charge is 0.463 e. The monoisotopic (exact) mass is 180 g/mol. The van der Waals surface area contributed by atoms with Crippen LogP contribution in [0, 0.1) is 0 Å². The summed E-state index contributed by atoms with van der Waals surface area (Å²) in [6.45, 7) is 4.36. The first-order chi connectivity index (χ1) is 6.29. The first-order valence-electron chi connectivity index (χ1n) is 4.85. The second-order valence-electron chi connectivity index (χ2n) is 3.02. The second kappa shape index (κ2) is 4.85. The topological polar surface area (TPSA) is 26.3 Å². The lowest BCUT2D eigenvalue weighted by Gasteiger charge is -2.13. The van der Waals surface area contributed by atoms with E-state index in [1.807, 2.05) is 13.0 Å². The van der Waals surface area contributed by atoms with Crippen molar-refractivity contribution in [1.82, 2.24) is 0 Å². The predicted octanol–water partition coefficient (Wildman–Crippen LogP) is 2.61. The van der Waals surface area contributed by atoms with E-state index in [2.05, 4.69) is 13.0 Å². The van der Waals surface area contributed by atoms with E-state index in [9.17, 15) is 4.79 Å². The molecule has 0 unspecified atom stereocenters. The average molecular weight is 180 g/mol. The Labute approximate surface area is 79.3 Å². The van der Waals surface area contributed by atoms with Gasteiger partial charge in [-0.3, -0.25) is 0 Å². The molecule has 0 spiro atoms. The minimum Gasteiger partial charge on any atom is -0.463 e. The van der Waals surface area contributed by atoms with Crippen molar-refractivity contribution in [3.05, 3.63) is 23.3 Å². The van der Waals surface area contributed by atoms with Crippen molar-refractivity contribution in [3.63, 3.8) is 0 Å². The van der Waals surface area contributed by atoms with Crippen LogP contribution >= 0.6 is 0 Å². The van der Waals surface area contributed by atoms with Gasteiger partial charge in [0.1, 0.15) is 0 Å². The van der Waals surface area contributed by atoms with E-state index >= 15 is 0 Å². The highest BCUT2D eigenvalue weighted by atomic mass is 16.5. The molecule has 0 aromatic rings. The van der Waals surface area contributed by atoms with Gasteiger partial charge in [-0.2, -0.15) is 0 Å². The van der Waals surface area contributed by atoms with Crippen LogP contribution < -0.4 is 0 Å². The van der Waals surface area contributed by atoms with Crippen LogP contribution in [0.3, 0.4) is 0 Å². The maximum atomic E-state index is 11.5. The summed E-state index contributed by atoms with van der Waals surface area (Å²) in [6.07, 6.45) is 6.85. The van der Waals surface area contributed by atoms with Crippen LogP contribution in [-0.2, 0) is 9.53 Å². The molecular formula is C11H16O2. The van der Waals surface area contributed by atoms with Crippen molar-refractivity contribution in [2.24, 2.45) is 0 Å². The zero-order valence-corrected chi connectivity index (χ0v) is 8.30. The Bertz CT molecular complexity index is 249. The Kier molecular flexibility index (Phi) is 3.74. The van der Waals surface area contributed by atoms with Crippen molar-refractivity contribution >= 4 is 5.97 Å². The molecule has 0 bridgehead atoms. The van der Waals surface area contributed by atoms with Crippen LogP contribution in [0.1, 0.15) is 33.1 Å². The summed E-state index contributed by atoms with van der Waals surface area (Å²) >= 11 is 0. The zero-order valence-electron chi connectivity index (χ0n) is 8.30. The van der Waals surface area contributed by atoms with Gasteiger partial charge in [-0.1, -0.05) is 19.1 Å². The molecule has 0 aliphatic heterocycles. The molecule has 72 valence electrons. The molecule has 0 aromatic heterocycles. The van der Waals surface area contributed by atoms with Crippen LogP contribution in [0.5, 0.6) is 0 Å². The van der Waals surface area contributed by atoms with Gasteiger partial charge in [0.15, 0.2) is 0 Å². The van der Waals surface area contributed by atoms with Crippen molar-refractivity contribution < 1.29 is 9.53 Å². The Balaban J connectivity index is 2.78. The van der Waals surface area contributed by atoms with Gasteiger partial charge in [0.2, 0.25) is 0 Å². The molecule has 0 heterocycles. The van der Waals surface area contributed by atoms with Gasteiger partial charge < -0.3 is 4.74 Å². The van der Waals surface area contributed by atoms with Crippen molar-refractivity contribution in [1.29, 1.82) is 0 Å². The van der Waals surface area contributed by atoms with Gasteiger partial charge in [-0.15, -0.1) is 0 Å². The van der Waals surface area contributed by atoms with Gasteiger partial charge in [0.05, 0.1) is 6.61 Å². The SMILES string of the molecule is CCOC(=O)C1=C(CC)C=CCC1. The summed E-state index contributed by atoms with van der Waals surface area (Å²) in [5.41, 5.74) is 2.00. The lowest BCUT2D eigenvalue weighted by atomic mass is 9.96. The molecule has 1 rings (SSSR count). The second-order valence-corrected chi connectivity index (χ2v) is 3.02. The average Bonchev–Trinajstić information content (AvgIpc) is 2.18. The van der Waals surface area contributed by atoms with Crippen molar-refractivity contribution in [3.8, 4) is 0 Å². The molecule has 0 atom stereocenters. The van der Waals surface area contributed by atoms with Crippen LogP contribution in [-0.4, -0.2) is 12.6 Å². The molecule has 1 aliphatic rings. The molecule has 0 radical (unpaired) electrons. The number of rotatable bonds is 3. The van der Waals surface area contributed by atoms with Crippen molar-refractivity contribution in [2.75, 3.05) is 6.61 Å². The quantitative estimate of drug-likeness (QED) is 0.624. The van der Waals surface area contributed by atoms with Gasteiger partial charge >= 0.3 is 5.97 Å². The highest BCUT2D eigenvalue weighted by Crippen LogP contribution is 2.22. The Morgan fingerprint density at radius 2 is 2.31 bits per heavy atom. The maximum Gasteiger partial charge on any atom is 0.334 e. The van der Waals surface area contributed by atoms with Gasteiger partial charge in [0.25, 0.3) is 0 Å². The number of hydrogen-bond acceptors (Lipinski definition) is 2. The van der Waals surface area contributed by atoms with Gasteiger partial charge in [0, 0.05) is 5.57 Å². The number of carbonyl (C=O) groups excluding carboxylic acids is 1. The van der Waals surface area contributed by atoms with Crippen LogP contribution in [0.2, 0.25) is 0 Å². The van der Waals surface area contributed by atoms with E-state index in [0.717, 1.165) is 30.4 Å². The molecule has 2 nitrogen and oxygen atoms in total. The van der Waals surface area contributed by atoms with E-state index < -0.39 is 0 Å². The number of allylic oxidation sites excluding steroid dienone is 3. The standard InChI is InChI=1S/C11H16O2/c1-3-9-7-5-6-8-10(9)11(12)13-4-2/h5,7H,3-4,6,8H2,1-2H3. The summed E-state index contributed by atoms with van der Waals surface area (Å²) in [5, 5.41) is 0. The van der Waals surface area contributed by atoms with E-state index in [1.165, 1.54) is 0 Å². The molecular weight excluding hydrogens is 164 g/mol. The molecule has 0 N–H and O–H groups in total. The van der Waals surface area contributed by atoms with E-state index in [4.69, 9.17) is 4.74 Å². The van der Waals surface area contributed by atoms with E-state index in [1.54, 1.807) is 0 Å². The van der Waals surface area contributed by atoms with Gasteiger partial charge in [-0.25, -0.2) is 4.79 Å². The first kappa shape index (κ1) is 10.0. The highest BCUT2D eigenvalue weighted by Gasteiger charge is 2.15. The third-order valence-corrected chi connectivity index (χ3v) is 2.17. The molecule has 0 aromatic carbocycles. The van der Waals surface area contributed by atoms with E-state index in [0.29, 0.717) is 6.61 Å². The fourth-order valence-corrected chi connectivity index (χ4v) is 1.50. The Hall–Kier alpha value is -1.05. The number of carbonyl (C=O) groups is 1. The smallest absolute Gasteiger partial charge is 0.334 e. The molecule has 0 saturated heterocycles. The fraction of sp³-hybridized carbons (Fsp3) is 0.545. The maximum absolute atomic E-state index is 11.5. The summed E-state index contributed by atoms with van der Waals surface area (Å²) in [5.74, 6) is -0.135. The van der Waals surface area contributed by atoms with Crippen LogP contribution in [0.4, 0.5) is 0 Å². The summed E-state index contributed by atoms with van der Waals surface area (Å²) in [4.78, 5) is 11.5. The summed E-state index contributed by atoms with van der Waals surface area (Å²) in [7, 11) is 0. The third kappa shape index (κ3) is 2.44. The normalized spacial score (nSPS) is 16.2. The molecule has 1 aliphatic carbocycles. The van der Waals surface area contributed by atoms with Crippen LogP contribution in [0.15, 0.2) is 23.3 Å². The number of esters is 1. The van der Waals surface area contributed by atoms with Crippen LogP contribution in [0.25, 0.3) is 0 Å². The highest BCUT2D eigenvalue weighted by molar-refractivity contribution is 5.90. The third-order valence-electron chi connectivity index (χ3n) is 2.17. The lowest BCUT2D eigenvalue weighted by Crippen LogP contribution is -2.11. The lowest BCUT2D eigenvalue weighted by molar-refractivity contribution is -0.138. The minimum atomic E-state index is -0.135. The molecule has 0 fully saturated rings. The van der Waals surface area contributed by atoms with Crippen molar-refractivity contribution in [2.45, 2.75) is 33.1 Å². The fourth-order valence-electron chi connectivity index (χ4n) is 1.50. The minimum absolute atomic E-state index is 0.135. The van der Waals surface area contributed by atoms with Gasteiger partial charge in [-0.05, 0) is 31.8 Å². The molecule has 0 amide bonds. The summed E-state index contributed by atoms with van der Waals surface area (Å²) in [6, 6.07) is 0. The zero-order chi connectivity index (χ0) is 9.68. The number of hydrogen-bond donors (Lipinski definition) is 0. The predicted molar refractivity (Wildman–Crippen MR) is 52.3 cm³/mol.